The minimum Gasteiger partial charge on any atom is -0.467 e. The van der Waals surface area contributed by atoms with E-state index < -0.39 is 17.7 Å². The lowest BCUT2D eigenvalue weighted by Crippen LogP contribution is -2.46. The zero-order valence-electron chi connectivity index (χ0n) is 15.3. The molecular weight excluding hydrogens is 308 g/mol. The molecule has 0 spiro atoms. The summed E-state index contributed by atoms with van der Waals surface area (Å²) in [5.74, 6) is -0.394. The van der Waals surface area contributed by atoms with Crippen LogP contribution in [0.15, 0.2) is 12.7 Å². The number of hydrogen-bond donors (Lipinski definition) is 0. The molecule has 6 heteroatoms. The number of nitrogens with zero attached hydrogens (tertiary/aromatic N) is 2. The summed E-state index contributed by atoms with van der Waals surface area (Å²) >= 11 is 0. The molecule has 0 radical (unpaired) electrons. The molecule has 2 fully saturated rings. The van der Waals surface area contributed by atoms with Gasteiger partial charge in [0.15, 0.2) is 0 Å². The molecule has 0 aromatic heterocycles. The van der Waals surface area contributed by atoms with E-state index in [0.717, 1.165) is 25.9 Å². The number of amides is 1. The topological polar surface area (TPSA) is 59.1 Å². The van der Waals surface area contributed by atoms with E-state index in [9.17, 15) is 9.59 Å². The smallest absolute Gasteiger partial charge is 0.411 e. The van der Waals surface area contributed by atoms with Gasteiger partial charge in [-0.3, -0.25) is 9.80 Å². The summed E-state index contributed by atoms with van der Waals surface area (Å²) in [6, 6.07) is -0.476. The molecule has 2 heterocycles. The molecule has 2 aliphatic rings. The Labute approximate surface area is 144 Å². The molecule has 24 heavy (non-hydrogen) atoms. The SMILES string of the molecule is C=CC[C@H]1[C@@H](C(=O)OC)N(C(=O)OC(C)(C)C)C[C@@H]1N1CCCC1. The lowest BCUT2D eigenvalue weighted by molar-refractivity contribution is -0.147. The number of methoxy groups -OCH3 is 1. The highest BCUT2D eigenvalue weighted by Gasteiger charge is 2.51. The van der Waals surface area contributed by atoms with Crippen LogP contribution in [0.3, 0.4) is 0 Å². The Morgan fingerprint density at radius 3 is 2.38 bits per heavy atom. The molecule has 0 aliphatic carbocycles. The fourth-order valence-corrected chi connectivity index (χ4v) is 3.76. The number of carbonyl (C=O) groups excluding carboxylic acids is 2. The first kappa shape index (κ1) is 18.8. The molecule has 0 bridgehead atoms. The predicted molar refractivity (Wildman–Crippen MR) is 91.6 cm³/mol. The second-order valence-corrected chi connectivity index (χ2v) is 7.60. The number of allylic oxidation sites excluding steroid dienone is 1. The van der Waals surface area contributed by atoms with Crippen LogP contribution < -0.4 is 0 Å². The largest absolute Gasteiger partial charge is 0.467 e. The van der Waals surface area contributed by atoms with Crippen LogP contribution in [0.5, 0.6) is 0 Å². The van der Waals surface area contributed by atoms with Gasteiger partial charge in [-0.1, -0.05) is 6.08 Å². The zero-order chi connectivity index (χ0) is 17.9. The van der Waals surface area contributed by atoms with Crippen molar-refractivity contribution in [3.63, 3.8) is 0 Å². The van der Waals surface area contributed by atoms with Crippen molar-refractivity contribution in [2.24, 2.45) is 5.92 Å². The van der Waals surface area contributed by atoms with Gasteiger partial charge in [-0.25, -0.2) is 9.59 Å². The molecule has 0 saturated carbocycles. The van der Waals surface area contributed by atoms with Crippen molar-refractivity contribution in [1.29, 1.82) is 0 Å². The first-order valence-electron chi connectivity index (χ1n) is 8.71. The highest BCUT2D eigenvalue weighted by molar-refractivity contribution is 5.83. The van der Waals surface area contributed by atoms with Crippen LogP contribution in [0.25, 0.3) is 0 Å². The van der Waals surface area contributed by atoms with E-state index in [2.05, 4.69) is 11.5 Å². The Morgan fingerprint density at radius 1 is 1.25 bits per heavy atom. The van der Waals surface area contributed by atoms with Gasteiger partial charge in [0, 0.05) is 18.5 Å². The standard InChI is InChI=1S/C18H30N2O4/c1-6-9-13-14(19-10-7-8-11-19)12-20(15(13)16(21)23-5)17(22)24-18(2,3)4/h6,13-15H,1,7-12H2,2-5H3/t13-,14+,15+/m1/s1. The molecule has 2 rings (SSSR count). The lowest BCUT2D eigenvalue weighted by Gasteiger charge is -2.29. The van der Waals surface area contributed by atoms with E-state index >= 15 is 0 Å². The Kier molecular flexibility index (Phi) is 5.91. The van der Waals surface area contributed by atoms with Crippen molar-refractivity contribution in [2.75, 3.05) is 26.7 Å². The Morgan fingerprint density at radius 2 is 1.88 bits per heavy atom. The average molecular weight is 338 g/mol. The van der Waals surface area contributed by atoms with Crippen molar-refractivity contribution in [1.82, 2.24) is 9.80 Å². The molecule has 0 aromatic carbocycles. The first-order chi connectivity index (χ1) is 11.3. The van der Waals surface area contributed by atoms with E-state index in [1.807, 2.05) is 26.8 Å². The van der Waals surface area contributed by atoms with Gasteiger partial charge in [0.1, 0.15) is 11.6 Å². The Hall–Kier alpha value is -1.56. The molecule has 3 atom stereocenters. The summed E-state index contributed by atoms with van der Waals surface area (Å²) in [4.78, 5) is 29.0. The quantitative estimate of drug-likeness (QED) is 0.582. The Bertz CT molecular complexity index is 480. The van der Waals surface area contributed by atoms with E-state index in [0.29, 0.717) is 13.0 Å². The van der Waals surface area contributed by atoms with E-state index in [1.165, 1.54) is 7.11 Å². The fraction of sp³-hybridized carbons (Fsp3) is 0.778. The van der Waals surface area contributed by atoms with Crippen LogP contribution in [-0.2, 0) is 14.3 Å². The van der Waals surface area contributed by atoms with Gasteiger partial charge in [0.25, 0.3) is 0 Å². The fourth-order valence-electron chi connectivity index (χ4n) is 3.76. The summed E-state index contributed by atoms with van der Waals surface area (Å²) in [5, 5.41) is 0. The molecular formula is C18H30N2O4. The summed E-state index contributed by atoms with van der Waals surface area (Å²) in [5.41, 5.74) is -0.600. The Balaban J connectivity index is 2.27. The number of esters is 1. The minimum absolute atomic E-state index is 0.0134. The summed E-state index contributed by atoms with van der Waals surface area (Å²) in [7, 11) is 1.36. The van der Waals surface area contributed by atoms with Crippen LogP contribution in [0.4, 0.5) is 4.79 Å². The molecule has 136 valence electrons. The number of likely N-dealkylation sites (tertiary alicyclic amines) is 2. The molecule has 0 N–H and O–H groups in total. The molecule has 2 aliphatic heterocycles. The predicted octanol–water partition coefficient (Wildman–Crippen LogP) is 2.44. The first-order valence-corrected chi connectivity index (χ1v) is 8.71. The van der Waals surface area contributed by atoms with E-state index in [-0.39, 0.29) is 17.9 Å². The summed E-state index contributed by atoms with van der Waals surface area (Å²) < 4.78 is 10.5. The zero-order valence-corrected chi connectivity index (χ0v) is 15.3. The average Bonchev–Trinajstić information content (AvgIpc) is 3.12. The maximum Gasteiger partial charge on any atom is 0.411 e. The third-order valence-electron chi connectivity index (χ3n) is 4.74. The number of rotatable bonds is 4. The van der Waals surface area contributed by atoms with Gasteiger partial charge in [0.05, 0.1) is 7.11 Å². The maximum atomic E-state index is 12.7. The van der Waals surface area contributed by atoms with Crippen molar-refractivity contribution >= 4 is 12.1 Å². The second-order valence-electron chi connectivity index (χ2n) is 7.60. The minimum atomic E-state index is -0.617. The number of hydrogen-bond acceptors (Lipinski definition) is 5. The molecule has 0 unspecified atom stereocenters. The van der Waals surface area contributed by atoms with Gasteiger partial charge in [-0.05, 0) is 53.1 Å². The third kappa shape index (κ3) is 4.09. The van der Waals surface area contributed by atoms with Crippen LogP contribution in [0, 0.1) is 5.92 Å². The van der Waals surface area contributed by atoms with Crippen LogP contribution in [-0.4, -0.2) is 66.3 Å². The lowest BCUT2D eigenvalue weighted by atomic mass is 9.91. The van der Waals surface area contributed by atoms with Gasteiger partial charge < -0.3 is 9.47 Å². The summed E-state index contributed by atoms with van der Waals surface area (Å²) in [6.45, 7) is 11.8. The molecule has 0 aromatic rings. The number of ether oxygens (including phenoxy) is 2. The molecule has 2 saturated heterocycles. The summed E-state index contributed by atoms with van der Waals surface area (Å²) in [6.07, 6.45) is 4.36. The van der Waals surface area contributed by atoms with Gasteiger partial charge >= 0.3 is 12.1 Å². The molecule has 6 nitrogen and oxygen atoms in total. The van der Waals surface area contributed by atoms with E-state index in [4.69, 9.17) is 9.47 Å². The monoisotopic (exact) mass is 338 g/mol. The highest BCUT2D eigenvalue weighted by Crippen LogP contribution is 2.34. The van der Waals surface area contributed by atoms with Crippen molar-refractivity contribution in [3.8, 4) is 0 Å². The maximum absolute atomic E-state index is 12.7. The molecule has 1 amide bonds. The van der Waals surface area contributed by atoms with Crippen molar-refractivity contribution in [3.05, 3.63) is 12.7 Å². The van der Waals surface area contributed by atoms with Gasteiger partial charge in [-0.2, -0.15) is 0 Å². The number of carbonyl (C=O) groups is 2. The highest BCUT2D eigenvalue weighted by atomic mass is 16.6. The second kappa shape index (κ2) is 7.55. The van der Waals surface area contributed by atoms with Crippen LogP contribution >= 0.6 is 0 Å². The van der Waals surface area contributed by atoms with Gasteiger partial charge in [-0.15, -0.1) is 6.58 Å². The van der Waals surface area contributed by atoms with E-state index in [1.54, 1.807) is 4.90 Å². The van der Waals surface area contributed by atoms with Crippen LogP contribution in [0.1, 0.15) is 40.0 Å². The van der Waals surface area contributed by atoms with Gasteiger partial charge in [0.2, 0.25) is 0 Å². The van der Waals surface area contributed by atoms with Crippen LogP contribution in [0.2, 0.25) is 0 Å². The van der Waals surface area contributed by atoms with Crippen molar-refractivity contribution < 1.29 is 19.1 Å². The van der Waals surface area contributed by atoms with Crippen molar-refractivity contribution in [2.45, 2.75) is 57.7 Å². The third-order valence-corrected chi connectivity index (χ3v) is 4.74. The normalized spacial score (nSPS) is 28.0.